The van der Waals surface area contributed by atoms with E-state index in [0.717, 1.165) is 0 Å². The van der Waals surface area contributed by atoms with Gasteiger partial charge < -0.3 is 9.80 Å². The van der Waals surface area contributed by atoms with E-state index in [1.165, 1.54) is 4.90 Å². The topological polar surface area (TPSA) is 52.6 Å². The van der Waals surface area contributed by atoms with Gasteiger partial charge in [0.05, 0.1) is 12.5 Å². The van der Waals surface area contributed by atoms with Gasteiger partial charge in [-0.15, -0.1) is 0 Å². The van der Waals surface area contributed by atoms with Crippen molar-refractivity contribution in [2.45, 2.75) is 19.0 Å². The van der Waals surface area contributed by atoms with E-state index in [0.29, 0.717) is 45.1 Å². The molecule has 3 rings (SSSR count). The van der Waals surface area contributed by atoms with Crippen LogP contribution in [-0.2, 0) is 4.79 Å². The number of hydrogen-bond acceptors (Lipinski definition) is 5. The molecular weight excluding hydrogens is 335 g/mol. The van der Waals surface area contributed by atoms with Crippen LogP contribution in [0.5, 0.6) is 0 Å². The van der Waals surface area contributed by atoms with Crippen LogP contribution in [0.2, 0.25) is 0 Å². The smallest absolute Gasteiger partial charge is 0.341 e. The Hall–Kier alpha value is -1.90. The fourth-order valence-corrected chi connectivity index (χ4v) is 3.32. The van der Waals surface area contributed by atoms with E-state index >= 15 is 0 Å². The van der Waals surface area contributed by atoms with Crippen LogP contribution in [0.15, 0.2) is 18.5 Å². The first-order valence-electron chi connectivity index (χ1n) is 8.52. The van der Waals surface area contributed by atoms with E-state index in [1.807, 2.05) is 9.80 Å². The molecular formula is C16H22F3N5O. The second kappa shape index (κ2) is 7.55. The van der Waals surface area contributed by atoms with Gasteiger partial charge in [-0.25, -0.2) is 9.97 Å². The van der Waals surface area contributed by atoms with Crippen molar-refractivity contribution in [2.24, 2.45) is 5.92 Å². The molecule has 138 valence electrons. The molecule has 1 atom stereocenters. The molecule has 1 unspecified atom stereocenters. The van der Waals surface area contributed by atoms with Crippen molar-refractivity contribution in [3.05, 3.63) is 18.5 Å². The van der Waals surface area contributed by atoms with Gasteiger partial charge >= 0.3 is 6.18 Å². The lowest BCUT2D eigenvalue weighted by molar-refractivity contribution is -0.188. The number of piperazine rings is 1. The molecule has 1 aromatic rings. The van der Waals surface area contributed by atoms with Crippen LogP contribution in [0.3, 0.4) is 0 Å². The van der Waals surface area contributed by atoms with E-state index in [2.05, 4.69) is 9.97 Å². The molecule has 0 N–H and O–H groups in total. The number of anilines is 1. The van der Waals surface area contributed by atoms with Crippen molar-refractivity contribution < 1.29 is 18.0 Å². The van der Waals surface area contributed by atoms with Gasteiger partial charge in [-0.2, -0.15) is 13.2 Å². The molecule has 0 saturated carbocycles. The lowest BCUT2D eigenvalue weighted by atomic mass is 9.97. The van der Waals surface area contributed by atoms with Crippen LogP contribution in [0, 0.1) is 5.92 Å². The van der Waals surface area contributed by atoms with Crippen LogP contribution in [0.1, 0.15) is 12.8 Å². The minimum Gasteiger partial charge on any atom is -0.341 e. The Balaban J connectivity index is 1.48. The molecule has 9 heteroatoms. The van der Waals surface area contributed by atoms with E-state index in [1.54, 1.807) is 18.5 Å². The molecule has 0 spiro atoms. The maximum atomic E-state index is 12.9. The fraction of sp³-hybridized carbons (Fsp3) is 0.688. The van der Waals surface area contributed by atoms with Crippen LogP contribution >= 0.6 is 0 Å². The van der Waals surface area contributed by atoms with E-state index < -0.39 is 12.1 Å². The molecule has 3 heterocycles. The summed E-state index contributed by atoms with van der Waals surface area (Å²) < 4.78 is 38.6. The highest BCUT2D eigenvalue weighted by Crippen LogP contribution is 2.33. The average Bonchev–Trinajstić information content (AvgIpc) is 2.62. The molecule has 6 nitrogen and oxygen atoms in total. The standard InChI is InChI=1S/C16H22F3N5O/c17-16(18,19)13-3-1-6-24(11-13)14(25)12-22-7-9-23(10-8-22)15-20-4-2-5-21-15/h2,4-5,13H,1,3,6-12H2. The first-order valence-corrected chi connectivity index (χ1v) is 8.52. The Morgan fingerprint density at radius 2 is 1.80 bits per heavy atom. The third kappa shape index (κ3) is 4.59. The van der Waals surface area contributed by atoms with Crippen molar-refractivity contribution in [2.75, 3.05) is 50.7 Å². The van der Waals surface area contributed by atoms with Crippen molar-refractivity contribution in [3.8, 4) is 0 Å². The molecule has 1 amide bonds. The predicted molar refractivity (Wildman–Crippen MR) is 86.0 cm³/mol. The molecule has 2 aliphatic rings. The summed E-state index contributed by atoms with van der Waals surface area (Å²) in [6, 6.07) is 1.76. The molecule has 2 fully saturated rings. The normalized spacial score (nSPS) is 22.9. The second-order valence-corrected chi connectivity index (χ2v) is 6.53. The molecule has 0 aromatic carbocycles. The number of carbonyl (C=O) groups is 1. The lowest BCUT2D eigenvalue weighted by Crippen LogP contribution is -2.52. The molecule has 0 aliphatic carbocycles. The minimum atomic E-state index is -4.22. The number of carbonyl (C=O) groups excluding carboxylic acids is 1. The van der Waals surface area contributed by atoms with Crippen molar-refractivity contribution in [3.63, 3.8) is 0 Å². The number of aromatic nitrogens is 2. The van der Waals surface area contributed by atoms with Gasteiger partial charge in [-0.1, -0.05) is 0 Å². The SMILES string of the molecule is O=C(CN1CCN(c2ncccn2)CC1)N1CCCC(C(F)(F)F)C1. The average molecular weight is 357 g/mol. The summed E-state index contributed by atoms with van der Waals surface area (Å²) in [6.07, 6.45) is -0.324. The van der Waals surface area contributed by atoms with Gasteiger partial charge in [-0.3, -0.25) is 9.69 Å². The summed E-state index contributed by atoms with van der Waals surface area (Å²) >= 11 is 0. The molecule has 25 heavy (non-hydrogen) atoms. The van der Waals surface area contributed by atoms with Crippen LogP contribution in [0.25, 0.3) is 0 Å². The summed E-state index contributed by atoms with van der Waals surface area (Å²) in [4.78, 5) is 26.2. The van der Waals surface area contributed by atoms with Crippen LogP contribution in [0.4, 0.5) is 19.1 Å². The fourth-order valence-electron chi connectivity index (χ4n) is 3.32. The van der Waals surface area contributed by atoms with Crippen LogP contribution in [-0.4, -0.2) is 77.7 Å². The van der Waals surface area contributed by atoms with Gasteiger partial charge in [0.25, 0.3) is 0 Å². The first kappa shape index (κ1) is 17.9. The van der Waals surface area contributed by atoms with E-state index in [4.69, 9.17) is 0 Å². The van der Waals surface area contributed by atoms with Crippen molar-refractivity contribution in [1.29, 1.82) is 0 Å². The number of halogens is 3. The monoisotopic (exact) mass is 357 g/mol. The van der Waals surface area contributed by atoms with Gasteiger partial charge in [0.2, 0.25) is 11.9 Å². The number of alkyl halides is 3. The number of likely N-dealkylation sites (tertiary alicyclic amines) is 1. The van der Waals surface area contributed by atoms with Crippen molar-refractivity contribution >= 4 is 11.9 Å². The zero-order chi connectivity index (χ0) is 17.9. The van der Waals surface area contributed by atoms with Gasteiger partial charge in [0.15, 0.2) is 0 Å². The molecule has 1 aromatic heterocycles. The number of amides is 1. The van der Waals surface area contributed by atoms with Gasteiger partial charge in [0.1, 0.15) is 0 Å². The summed E-state index contributed by atoms with van der Waals surface area (Å²) in [7, 11) is 0. The summed E-state index contributed by atoms with van der Waals surface area (Å²) in [5, 5.41) is 0. The van der Waals surface area contributed by atoms with E-state index in [-0.39, 0.29) is 25.4 Å². The largest absolute Gasteiger partial charge is 0.393 e. The predicted octanol–water partition coefficient (Wildman–Crippen LogP) is 1.40. The summed E-state index contributed by atoms with van der Waals surface area (Å²) in [6.45, 7) is 3.11. The Bertz CT molecular complexity index is 575. The van der Waals surface area contributed by atoms with Gasteiger partial charge in [0, 0.05) is 51.7 Å². The third-order valence-electron chi connectivity index (χ3n) is 4.80. The zero-order valence-electron chi connectivity index (χ0n) is 14.0. The number of rotatable bonds is 3. The van der Waals surface area contributed by atoms with E-state index in [9.17, 15) is 18.0 Å². The molecule has 2 aliphatic heterocycles. The highest BCUT2D eigenvalue weighted by molar-refractivity contribution is 5.78. The lowest BCUT2D eigenvalue weighted by Gasteiger charge is -2.37. The summed E-state index contributed by atoms with van der Waals surface area (Å²) in [5.74, 6) is -0.937. The molecule has 0 radical (unpaired) electrons. The second-order valence-electron chi connectivity index (χ2n) is 6.53. The maximum absolute atomic E-state index is 12.9. The molecule has 2 saturated heterocycles. The maximum Gasteiger partial charge on any atom is 0.393 e. The quantitative estimate of drug-likeness (QED) is 0.819. The third-order valence-corrected chi connectivity index (χ3v) is 4.80. The first-order chi connectivity index (χ1) is 11.9. The Morgan fingerprint density at radius 1 is 1.12 bits per heavy atom. The van der Waals surface area contributed by atoms with Gasteiger partial charge in [-0.05, 0) is 18.9 Å². The van der Waals surface area contributed by atoms with Crippen LogP contribution < -0.4 is 4.90 Å². The highest BCUT2D eigenvalue weighted by Gasteiger charge is 2.42. The Labute approximate surface area is 144 Å². The minimum absolute atomic E-state index is 0.114. The molecule has 0 bridgehead atoms. The Morgan fingerprint density at radius 3 is 2.44 bits per heavy atom. The summed E-state index contributed by atoms with van der Waals surface area (Å²) in [5.41, 5.74) is 0. The number of hydrogen-bond donors (Lipinski definition) is 0. The Kier molecular flexibility index (Phi) is 5.41. The number of piperidine rings is 1. The number of nitrogens with zero attached hydrogens (tertiary/aromatic N) is 5. The highest BCUT2D eigenvalue weighted by atomic mass is 19.4. The van der Waals surface area contributed by atoms with Crippen molar-refractivity contribution in [1.82, 2.24) is 19.8 Å². The zero-order valence-corrected chi connectivity index (χ0v) is 14.0.